The van der Waals surface area contributed by atoms with Gasteiger partial charge < -0.3 is 14.6 Å². The van der Waals surface area contributed by atoms with Crippen LogP contribution in [0.15, 0.2) is 24.3 Å². The van der Waals surface area contributed by atoms with Crippen molar-refractivity contribution in [2.75, 3.05) is 32.8 Å². The van der Waals surface area contributed by atoms with E-state index in [9.17, 15) is 5.11 Å². The third-order valence-electron chi connectivity index (χ3n) is 3.29. The minimum Gasteiger partial charge on any atom is -0.490 e. The summed E-state index contributed by atoms with van der Waals surface area (Å²) in [5.74, 6) is 1.59. The Bertz CT molecular complexity index is 383. The van der Waals surface area contributed by atoms with Crippen molar-refractivity contribution in [1.82, 2.24) is 4.90 Å². The van der Waals surface area contributed by atoms with Gasteiger partial charge in [-0.15, -0.1) is 0 Å². The summed E-state index contributed by atoms with van der Waals surface area (Å²) < 4.78 is 11.3. The number of hydrogen-bond acceptors (Lipinski definition) is 4. The van der Waals surface area contributed by atoms with Crippen LogP contribution in [0.4, 0.5) is 0 Å². The Morgan fingerprint density at radius 3 is 2.68 bits per heavy atom. The molecular weight excluding hydrogens is 242 g/mol. The van der Waals surface area contributed by atoms with Gasteiger partial charge in [-0.1, -0.05) is 12.1 Å². The van der Waals surface area contributed by atoms with Crippen LogP contribution in [0.3, 0.4) is 0 Å². The van der Waals surface area contributed by atoms with E-state index in [1.165, 1.54) is 0 Å². The van der Waals surface area contributed by atoms with E-state index in [1.54, 1.807) is 0 Å². The highest BCUT2D eigenvalue weighted by atomic mass is 16.5. The van der Waals surface area contributed by atoms with Gasteiger partial charge in [0, 0.05) is 13.1 Å². The van der Waals surface area contributed by atoms with Crippen molar-refractivity contribution in [3.8, 4) is 11.5 Å². The molecule has 0 aliphatic carbocycles. The lowest BCUT2D eigenvalue weighted by Crippen LogP contribution is -2.40. The second kappa shape index (κ2) is 7.36. The zero-order valence-electron chi connectivity index (χ0n) is 11.5. The fourth-order valence-corrected chi connectivity index (χ4v) is 2.36. The molecule has 0 aromatic heterocycles. The summed E-state index contributed by atoms with van der Waals surface area (Å²) in [5, 5.41) is 9.61. The molecule has 1 atom stereocenters. The van der Waals surface area contributed by atoms with Crippen molar-refractivity contribution in [2.45, 2.75) is 25.9 Å². The third-order valence-corrected chi connectivity index (χ3v) is 3.29. The molecule has 0 spiro atoms. The van der Waals surface area contributed by atoms with Crippen LogP contribution in [0.1, 0.15) is 19.8 Å². The molecule has 1 aliphatic heterocycles. The molecule has 1 N–H and O–H groups in total. The van der Waals surface area contributed by atoms with Gasteiger partial charge in [-0.3, -0.25) is 4.90 Å². The summed E-state index contributed by atoms with van der Waals surface area (Å²) in [6.45, 7) is 5.88. The molecule has 0 bridgehead atoms. The van der Waals surface area contributed by atoms with Gasteiger partial charge in [0.15, 0.2) is 11.5 Å². The maximum Gasteiger partial charge on any atom is 0.161 e. The minimum absolute atomic E-state index is 0.176. The molecule has 2 rings (SSSR count). The minimum atomic E-state index is -0.176. The highest BCUT2D eigenvalue weighted by Crippen LogP contribution is 2.26. The van der Waals surface area contributed by atoms with Gasteiger partial charge in [0.1, 0.15) is 6.61 Å². The van der Waals surface area contributed by atoms with E-state index in [2.05, 4.69) is 4.90 Å². The molecule has 0 amide bonds. The van der Waals surface area contributed by atoms with Crippen LogP contribution < -0.4 is 9.47 Å². The molecule has 1 aliphatic rings. The van der Waals surface area contributed by atoms with Crippen molar-refractivity contribution in [3.63, 3.8) is 0 Å². The summed E-state index contributed by atoms with van der Waals surface area (Å²) in [4.78, 5) is 2.25. The van der Waals surface area contributed by atoms with Crippen molar-refractivity contribution in [1.29, 1.82) is 0 Å². The second-order valence-electron chi connectivity index (χ2n) is 4.82. The Hall–Kier alpha value is -1.26. The first kappa shape index (κ1) is 14.2. The van der Waals surface area contributed by atoms with Gasteiger partial charge in [0.25, 0.3) is 0 Å². The Morgan fingerprint density at radius 1 is 1.26 bits per heavy atom. The number of piperidine rings is 1. The number of aliphatic hydroxyl groups excluding tert-OH is 1. The van der Waals surface area contributed by atoms with Crippen LogP contribution in [-0.4, -0.2) is 49.0 Å². The Balaban J connectivity index is 1.78. The number of para-hydroxylation sites is 2. The average molecular weight is 265 g/mol. The molecule has 1 aromatic rings. The molecule has 1 aromatic carbocycles. The van der Waals surface area contributed by atoms with Crippen LogP contribution in [0.5, 0.6) is 11.5 Å². The van der Waals surface area contributed by atoms with Crippen molar-refractivity contribution >= 4 is 0 Å². The van der Waals surface area contributed by atoms with E-state index in [4.69, 9.17) is 9.47 Å². The smallest absolute Gasteiger partial charge is 0.161 e. The Kier molecular flexibility index (Phi) is 5.48. The second-order valence-corrected chi connectivity index (χ2v) is 4.82. The first-order chi connectivity index (χ1) is 9.29. The van der Waals surface area contributed by atoms with Gasteiger partial charge in [-0.2, -0.15) is 0 Å². The maximum atomic E-state index is 9.61. The fraction of sp³-hybridized carbons (Fsp3) is 0.600. The van der Waals surface area contributed by atoms with E-state index >= 15 is 0 Å². The van der Waals surface area contributed by atoms with Gasteiger partial charge in [-0.25, -0.2) is 0 Å². The lowest BCUT2D eigenvalue weighted by atomic mass is 10.1. The highest BCUT2D eigenvalue weighted by Gasteiger charge is 2.17. The van der Waals surface area contributed by atoms with Gasteiger partial charge in [0.05, 0.1) is 12.7 Å². The molecule has 19 heavy (non-hydrogen) atoms. The highest BCUT2D eigenvalue weighted by molar-refractivity contribution is 5.39. The molecule has 1 fully saturated rings. The number of benzene rings is 1. The normalized spacial score (nSPS) is 20.2. The number of aliphatic hydroxyl groups is 1. The predicted octanol–water partition coefficient (Wildman–Crippen LogP) is 1.92. The third kappa shape index (κ3) is 4.40. The van der Waals surface area contributed by atoms with Crippen LogP contribution >= 0.6 is 0 Å². The number of β-amino-alcohol motifs (C(OH)–C–C–N with tert-alkyl or cyclic N) is 1. The SMILES string of the molecule is CCOc1ccccc1OCCN1CCCC(O)C1. The molecule has 106 valence electrons. The molecule has 0 radical (unpaired) electrons. The molecule has 4 heteroatoms. The fourth-order valence-electron chi connectivity index (χ4n) is 2.36. The quantitative estimate of drug-likeness (QED) is 0.853. The van der Waals surface area contributed by atoms with E-state index < -0.39 is 0 Å². The molecule has 4 nitrogen and oxygen atoms in total. The van der Waals surface area contributed by atoms with Gasteiger partial charge in [-0.05, 0) is 38.4 Å². The van der Waals surface area contributed by atoms with Crippen LogP contribution in [0.2, 0.25) is 0 Å². The summed E-state index contributed by atoms with van der Waals surface area (Å²) in [6, 6.07) is 7.74. The largest absolute Gasteiger partial charge is 0.490 e. The zero-order valence-corrected chi connectivity index (χ0v) is 11.5. The van der Waals surface area contributed by atoms with Crippen LogP contribution in [-0.2, 0) is 0 Å². The number of likely N-dealkylation sites (tertiary alicyclic amines) is 1. The monoisotopic (exact) mass is 265 g/mol. The first-order valence-corrected chi connectivity index (χ1v) is 7.04. The Morgan fingerprint density at radius 2 is 2.00 bits per heavy atom. The summed E-state index contributed by atoms with van der Waals surface area (Å²) >= 11 is 0. The van der Waals surface area contributed by atoms with Gasteiger partial charge in [0.2, 0.25) is 0 Å². The van der Waals surface area contributed by atoms with Crippen molar-refractivity contribution in [2.24, 2.45) is 0 Å². The standard InChI is InChI=1S/C15H23NO3/c1-2-18-14-7-3-4-8-15(14)19-11-10-16-9-5-6-13(17)12-16/h3-4,7-8,13,17H,2,5-6,9-12H2,1H3. The van der Waals surface area contributed by atoms with Gasteiger partial charge >= 0.3 is 0 Å². The Labute approximate surface area is 114 Å². The number of nitrogens with zero attached hydrogens (tertiary/aromatic N) is 1. The number of ether oxygens (including phenoxy) is 2. The van der Waals surface area contributed by atoms with Crippen LogP contribution in [0.25, 0.3) is 0 Å². The molecule has 0 saturated carbocycles. The lowest BCUT2D eigenvalue weighted by molar-refractivity contribution is 0.0630. The zero-order chi connectivity index (χ0) is 13.5. The van der Waals surface area contributed by atoms with Crippen molar-refractivity contribution in [3.05, 3.63) is 24.3 Å². The van der Waals surface area contributed by atoms with E-state index in [0.717, 1.165) is 44.0 Å². The molecule has 1 heterocycles. The van der Waals surface area contributed by atoms with E-state index in [0.29, 0.717) is 13.2 Å². The maximum absolute atomic E-state index is 9.61. The molecule has 1 unspecified atom stereocenters. The summed E-state index contributed by atoms with van der Waals surface area (Å²) in [7, 11) is 0. The topological polar surface area (TPSA) is 41.9 Å². The number of rotatable bonds is 6. The number of hydrogen-bond donors (Lipinski definition) is 1. The van der Waals surface area contributed by atoms with E-state index in [1.807, 2.05) is 31.2 Å². The van der Waals surface area contributed by atoms with Crippen LogP contribution in [0, 0.1) is 0 Å². The first-order valence-electron chi connectivity index (χ1n) is 7.04. The summed E-state index contributed by atoms with van der Waals surface area (Å²) in [5.41, 5.74) is 0. The molecule has 1 saturated heterocycles. The van der Waals surface area contributed by atoms with E-state index in [-0.39, 0.29) is 6.10 Å². The van der Waals surface area contributed by atoms with Crippen molar-refractivity contribution < 1.29 is 14.6 Å². The molecular formula is C15H23NO3. The average Bonchev–Trinajstić information content (AvgIpc) is 2.41. The predicted molar refractivity (Wildman–Crippen MR) is 74.8 cm³/mol. The summed E-state index contributed by atoms with van der Waals surface area (Å²) in [6.07, 6.45) is 1.81. The lowest BCUT2D eigenvalue weighted by Gasteiger charge is -2.29.